The van der Waals surface area contributed by atoms with E-state index in [0.29, 0.717) is 30.6 Å². The number of nitrogens with one attached hydrogen (secondary N) is 2. The van der Waals surface area contributed by atoms with E-state index in [0.717, 1.165) is 31.9 Å². The monoisotopic (exact) mass is 478 g/mol. The summed E-state index contributed by atoms with van der Waals surface area (Å²) in [6, 6.07) is 0. The van der Waals surface area contributed by atoms with Crippen LogP contribution in [0.2, 0.25) is 0 Å². The standard InChI is InChI=1S/C17H30N6O2.HI/c1-17(2,3)15-21-13(22-25-15)11-20-16(19-5)23-8-6-12(7-9-23)10-14(24)18-4;/h12H,6-11H2,1-5H3,(H,18,24)(H,19,20);1H. The Morgan fingerprint density at radius 3 is 2.50 bits per heavy atom. The number of nitrogens with zero attached hydrogens (tertiary/aromatic N) is 4. The van der Waals surface area contributed by atoms with Gasteiger partial charge in [-0.2, -0.15) is 4.98 Å². The predicted molar refractivity (Wildman–Crippen MR) is 112 cm³/mol. The molecule has 0 saturated carbocycles. The zero-order valence-corrected chi connectivity index (χ0v) is 18.7. The van der Waals surface area contributed by atoms with Gasteiger partial charge in [-0.3, -0.25) is 9.79 Å². The zero-order valence-electron chi connectivity index (χ0n) is 16.3. The Bertz CT molecular complexity index is 603. The Morgan fingerprint density at radius 2 is 2.00 bits per heavy atom. The molecule has 2 rings (SSSR count). The highest BCUT2D eigenvalue weighted by atomic mass is 127. The van der Waals surface area contributed by atoms with Crippen LogP contribution in [0.1, 0.15) is 51.7 Å². The molecule has 1 aromatic rings. The second-order valence-electron chi connectivity index (χ2n) is 7.47. The van der Waals surface area contributed by atoms with Crippen LogP contribution in [-0.2, 0) is 16.8 Å². The molecule has 1 saturated heterocycles. The van der Waals surface area contributed by atoms with Gasteiger partial charge in [0.15, 0.2) is 11.8 Å². The maximum atomic E-state index is 11.5. The molecule has 1 fully saturated rings. The lowest BCUT2D eigenvalue weighted by Gasteiger charge is -2.33. The van der Waals surface area contributed by atoms with Crippen LogP contribution in [0.15, 0.2) is 9.52 Å². The number of carbonyl (C=O) groups excluding carboxylic acids is 1. The molecule has 1 aliphatic rings. The summed E-state index contributed by atoms with van der Waals surface area (Å²) in [6.07, 6.45) is 2.59. The summed E-state index contributed by atoms with van der Waals surface area (Å²) in [7, 11) is 3.46. The van der Waals surface area contributed by atoms with E-state index in [1.54, 1.807) is 14.1 Å². The van der Waals surface area contributed by atoms with Gasteiger partial charge in [-0.05, 0) is 18.8 Å². The molecule has 1 amide bonds. The molecule has 0 bridgehead atoms. The van der Waals surface area contributed by atoms with E-state index >= 15 is 0 Å². The lowest BCUT2D eigenvalue weighted by Crippen LogP contribution is -2.45. The first kappa shape index (κ1) is 22.7. The zero-order chi connectivity index (χ0) is 18.4. The molecule has 0 radical (unpaired) electrons. The smallest absolute Gasteiger partial charge is 0.232 e. The number of likely N-dealkylation sites (tertiary alicyclic amines) is 1. The van der Waals surface area contributed by atoms with Crippen LogP contribution >= 0.6 is 24.0 Å². The fraction of sp³-hybridized carbons (Fsp3) is 0.765. The van der Waals surface area contributed by atoms with Crippen molar-refractivity contribution in [3.05, 3.63) is 11.7 Å². The fourth-order valence-electron chi connectivity index (χ4n) is 2.83. The lowest BCUT2D eigenvalue weighted by molar-refractivity contribution is -0.121. The molecule has 2 heterocycles. The number of guanidine groups is 1. The summed E-state index contributed by atoms with van der Waals surface area (Å²) >= 11 is 0. The lowest BCUT2D eigenvalue weighted by atomic mass is 9.93. The Hall–Kier alpha value is -1.39. The second kappa shape index (κ2) is 10.1. The van der Waals surface area contributed by atoms with Gasteiger partial charge in [0.25, 0.3) is 0 Å². The van der Waals surface area contributed by atoms with Crippen LogP contribution in [0.25, 0.3) is 0 Å². The third-order valence-corrected chi connectivity index (χ3v) is 4.39. The van der Waals surface area contributed by atoms with Crippen molar-refractivity contribution in [2.75, 3.05) is 27.2 Å². The number of amides is 1. The Balaban J connectivity index is 0.00000338. The Labute approximate surface area is 172 Å². The molecule has 0 aliphatic carbocycles. The minimum Gasteiger partial charge on any atom is -0.359 e. The third-order valence-electron chi connectivity index (χ3n) is 4.39. The van der Waals surface area contributed by atoms with Crippen LogP contribution in [0.4, 0.5) is 0 Å². The molecule has 148 valence electrons. The Morgan fingerprint density at radius 1 is 1.35 bits per heavy atom. The number of hydrogen-bond donors (Lipinski definition) is 2. The van der Waals surface area contributed by atoms with Crippen molar-refractivity contribution >= 4 is 35.8 Å². The van der Waals surface area contributed by atoms with Gasteiger partial charge in [0, 0.05) is 39.0 Å². The molecular weight excluding hydrogens is 447 g/mol. The largest absolute Gasteiger partial charge is 0.359 e. The summed E-state index contributed by atoms with van der Waals surface area (Å²) in [4.78, 5) is 22.5. The molecule has 8 nitrogen and oxygen atoms in total. The summed E-state index contributed by atoms with van der Waals surface area (Å²) in [5.41, 5.74) is -0.153. The first-order chi connectivity index (χ1) is 11.8. The summed E-state index contributed by atoms with van der Waals surface area (Å²) in [5.74, 6) is 2.66. The number of piperidine rings is 1. The van der Waals surface area contributed by atoms with Crippen molar-refractivity contribution < 1.29 is 9.32 Å². The fourth-order valence-corrected chi connectivity index (χ4v) is 2.83. The second-order valence-corrected chi connectivity index (χ2v) is 7.47. The van der Waals surface area contributed by atoms with E-state index < -0.39 is 0 Å². The van der Waals surface area contributed by atoms with Crippen molar-refractivity contribution in [2.24, 2.45) is 10.9 Å². The minimum atomic E-state index is -0.153. The molecular formula is C17H31IN6O2. The van der Waals surface area contributed by atoms with Gasteiger partial charge in [-0.15, -0.1) is 24.0 Å². The van der Waals surface area contributed by atoms with Crippen molar-refractivity contribution in [3.63, 3.8) is 0 Å². The van der Waals surface area contributed by atoms with E-state index in [9.17, 15) is 4.79 Å². The Kier molecular flexibility index (Phi) is 8.78. The molecule has 26 heavy (non-hydrogen) atoms. The van der Waals surface area contributed by atoms with Crippen LogP contribution in [0.3, 0.4) is 0 Å². The number of carbonyl (C=O) groups is 1. The van der Waals surface area contributed by atoms with Gasteiger partial charge in [0.05, 0.1) is 6.54 Å². The van der Waals surface area contributed by atoms with Crippen LogP contribution in [0.5, 0.6) is 0 Å². The van der Waals surface area contributed by atoms with E-state index in [-0.39, 0.29) is 35.3 Å². The van der Waals surface area contributed by atoms with Gasteiger partial charge in [0.2, 0.25) is 11.8 Å². The van der Waals surface area contributed by atoms with Crippen LogP contribution < -0.4 is 10.6 Å². The van der Waals surface area contributed by atoms with Gasteiger partial charge in [0.1, 0.15) is 0 Å². The number of aromatic nitrogens is 2. The number of aliphatic imine (C=N–C) groups is 1. The average Bonchev–Trinajstić information content (AvgIpc) is 3.06. The van der Waals surface area contributed by atoms with Crippen molar-refractivity contribution in [2.45, 2.75) is 52.0 Å². The highest BCUT2D eigenvalue weighted by Crippen LogP contribution is 2.21. The maximum Gasteiger partial charge on any atom is 0.232 e. The van der Waals surface area contributed by atoms with Gasteiger partial charge >= 0.3 is 0 Å². The molecule has 0 unspecified atom stereocenters. The summed E-state index contributed by atoms with van der Waals surface area (Å²) < 4.78 is 5.31. The topological polar surface area (TPSA) is 95.7 Å². The van der Waals surface area contributed by atoms with Crippen molar-refractivity contribution in [1.82, 2.24) is 25.7 Å². The predicted octanol–water partition coefficient (Wildman–Crippen LogP) is 1.91. The van der Waals surface area contributed by atoms with E-state index in [4.69, 9.17) is 4.52 Å². The molecule has 2 N–H and O–H groups in total. The number of hydrogen-bond acceptors (Lipinski definition) is 5. The first-order valence-electron chi connectivity index (χ1n) is 8.82. The van der Waals surface area contributed by atoms with E-state index in [1.165, 1.54) is 0 Å². The summed E-state index contributed by atoms with van der Waals surface area (Å²) in [6.45, 7) is 8.38. The molecule has 1 aliphatic heterocycles. The quantitative estimate of drug-likeness (QED) is 0.390. The third kappa shape index (κ3) is 6.40. The van der Waals surface area contributed by atoms with Crippen LogP contribution in [-0.4, -0.2) is 54.1 Å². The molecule has 9 heteroatoms. The molecule has 0 aromatic carbocycles. The number of rotatable bonds is 4. The highest BCUT2D eigenvalue weighted by molar-refractivity contribution is 14.0. The van der Waals surface area contributed by atoms with Gasteiger partial charge in [-0.25, -0.2) is 0 Å². The molecule has 1 aromatic heterocycles. The average molecular weight is 478 g/mol. The SMILES string of the molecule is CN=C(NCc1noc(C(C)(C)C)n1)N1CCC(CC(=O)NC)CC1.I. The van der Waals surface area contributed by atoms with Crippen molar-refractivity contribution in [3.8, 4) is 0 Å². The maximum absolute atomic E-state index is 11.5. The molecule has 0 spiro atoms. The highest BCUT2D eigenvalue weighted by Gasteiger charge is 2.24. The van der Waals surface area contributed by atoms with E-state index in [2.05, 4.69) is 30.7 Å². The van der Waals surface area contributed by atoms with Crippen molar-refractivity contribution in [1.29, 1.82) is 0 Å². The van der Waals surface area contributed by atoms with Crippen LogP contribution in [0, 0.1) is 5.92 Å². The first-order valence-corrected chi connectivity index (χ1v) is 8.82. The summed E-state index contributed by atoms with van der Waals surface area (Å²) in [5, 5.41) is 10.0. The van der Waals surface area contributed by atoms with E-state index in [1.807, 2.05) is 20.8 Å². The van der Waals surface area contributed by atoms with Gasteiger partial charge in [-0.1, -0.05) is 25.9 Å². The molecule has 0 atom stereocenters. The normalized spacial score (nSPS) is 16.2. The van der Waals surface area contributed by atoms with Gasteiger partial charge < -0.3 is 20.1 Å². The number of halogens is 1. The minimum absolute atomic E-state index is 0.